The van der Waals surface area contributed by atoms with Gasteiger partial charge >= 0.3 is 0 Å². The molecule has 1 unspecified atom stereocenters. The molecule has 4 nitrogen and oxygen atoms in total. The lowest BCUT2D eigenvalue weighted by atomic mass is 10.4. The first-order valence-corrected chi connectivity index (χ1v) is 5.94. The summed E-state index contributed by atoms with van der Waals surface area (Å²) in [6.07, 6.45) is 0. The molecule has 0 amide bonds. The number of hydrogen-bond acceptors (Lipinski definition) is 4. The Balaban J connectivity index is 2.15. The van der Waals surface area contributed by atoms with E-state index >= 15 is 0 Å². The Hall–Kier alpha value is 0.220. The highest BCUT2D eigenvalue weighted by molar-refractivity contribution is 8.73. The van der Waals surface area contributed by atoms with Gasteiger partial charge in [-0.05, 0) is 0 Å². The van der Waals surface area contributed by atoms with Crippen molar-refractivity contribution >= 4 is 19.8 Å². The number of nitrogens with one attached hydrogen (secondary N) is 1. The van der Waals surface area contributed by atoms with Crippen molar-refractivity contribution in [3.05, 3.63) is 0 Å². The summed E-state index contributed by atoms with van der Waals surface area (Å²) in [6.45, 7) is 2.22. The van der Waals surface area contributed by atoms with Gasteiger partial charge in [0, 0.05) is 30.4 Å². The highest BCUT2D eigenvalue weighted by Gasteiger charge is 2.45. The molecule has 0 saturated carbocycles. The van der Waals surface area contributed by atoms with Crippen LogP contribution in [-0.2, 0) is 9.06 Å². The quantitative estimate of drug-likeness (QED) is 0.496. The van der Waals surface area contributed by atoms with Gasteiger partial charge in [-0.3, -0.25) is 0 Å². The molecule has 0 aliphatic carbocycles. The molecule has 10 heavy (non-hydrogen) atoms. The highest BCUT2D eigenvalue weighted by atomic mass is 33.1. The molecule has 0 bridgehead atoms. The second kappa shape index (κ2) is 2.10. The van der Waals surface area contributed by atoms with E-state index < -0.39 is 9.06 Å². The molecule has 1 atom stereocenters. The standard InChI is InChI=1S/C4H8N2O2S2/c7-10(8)6-2-1-5-3-4(6)9-10/h4-5H,1-3H2. The van der Waals surface area contributed by atoms with Crippen LogP contribution in [0.3, 0.4) is 0 Å². The molecule has 0 spiro atoms. The van der Waals surface area contributed by atoms with Gasteiger partial charge in [-0.15, -0.1) is 0 Å². The van der Waals surface area contributed by atoms with Gasteiger partial charge in [0.25, 0.3) is 9.06 Å². The molecular formula is C4H8N2O2S2. The first kappa shape index (κ1) is 6.90. The second-order valence-corrected chi connectivity index (χ2v) is 6.23. The Morgan fingerprint density at radius 1 is 1.60 bits per heavy atom. The molecule has 2 rings (SSSR count). The molecule has 2 saturated heterocycles. The molecule has 2 aliphatic rings. The molecule has 0 aromatic carbocycles. The van der Waals surface area contributed by atoms with Crippen molar-refractivity contribution < 1.29 is 8.42 Å². The zero-order valence-corrected chi connectivity index (χ0v) is 6.91. The summed E-state index contributed by atoms with van der Waals surface area (Å²) in [5.74, 6) is 0. The summed E-state index contributed by atoms with van der Waals surface area (Å²) in [5.41, 5.74) is 0. The van der Waals surface area contributed by atoms with Gasteiger partial charge in [0.15, 0.2) is 0 Å². The third-order valence-corrected chi connectivity index (χ3v) is 5.67. The Bertz CT molecular complexity index is 238. The summed E-state index contributed by atoms with van der Waals surface area (Å²) >= 11 is 0. The average molecular weight is 180 g/mol. The van der Waals surface area contributed by atoms with Gasteiger partial charge in [0.05, 0.1) is 5.37 Å². The predicted molar refractivity (Wildman–Crippen MR) is 39.9 cm³/mol. The van der Waals surface area contributed by atoms with Crippen LogP contribution in [0.1, 0.15) is 0 Å². The average Bonchev–Trinajstić information content (AvgIpc) is 1.86. The van der Waals surface area contributed by atoms with Gasteiger partial charge in [0.1, 0.15) is 0 Å². The molecule has 0 aromatic heterocycles. The zero-order valence-electron chi connectivity index (χ0n) is 5.28. The topological polar surface area (TPSA) is 49.4 Å². The Labute approximate surface area is 63.4 Å². The summed E-state index contributed by atoms with van der Waals surface area (Å²) in [5, 5.41) is 3.31. The molecule has 1 N–H and O–H groups in total. The van der Waals surface area contributed by atoms with Crippen LogP contribution in [0.5, 0.6) is 0 Å². The minimum Gasteiger partial charge on any atom is -0.313 e. The Morgan fingerprint density at radius 2 is 2.40 bits per heavy atom. The van der Waals surface area contributed by atoms with E-state index in [1.54, 1.807) is 4.31 Å². The van der Waals surface area contributed by atoms with Gasteiger partial charge in [-0.2, -0.15) is 4.31 Å². The molecule has 2 fully saturated rings. The zero-order chi connectivity index (χ0) is 7.19. The molecular weight excluding hydrogens is 172 g/mol. The fourth-order valence-electron chi connectivity index (χ4n) is 1.16. The van der Waals surface area contributed by atoms with Crippen molar-refractivity contribution in [3.8, 4) is 0 Å². The first-order valence-electron chi connectivity index (χ1n) is 3.11. The lowest BCUT2D eigenvalue weighted by Gasteiger charge is -2.41. The molecule has 6 heteroatoms. The summed E-state index contributed by atoms with van der Waals surface area (Å²) in [6, 6.07) is 0. The normalized spacial score (nSPS) is 38.2. The van der Waals surface area contributed by atoms with Crippen LogP contribution >= 0.6 is 10.8 Å². The van der Waals surface area contributed by atoms with E-state index in [9.17, 15) is 8.42 Å². The Morgan fingerprint density at radius 3 is 2.90 bits per heavy atom. The summed E-state index contributed by atoms with van der Waals surface area (Å²) in [4.78, 5) is 0. The monoisotopic (exact) mass is 180 g/mol. The van der Waals surface area contributed by atoms with E-state index in [4.69, 9.17) is 0 Å². The van der Waals surface area contributed by atoms with Crippen LogP contribution in [0, 0.1) is 0 Å². The number of rotatable bonds is 0. The number of nitrogens with zero attached hydrogens (tertiary/aromatic N) is 1. The molecule has 0 aromatic rings. The van der Waals surface area contributed by atoms with Crippen LogP contribution in [-0.4, -0.2) is 37.7 Å². The van der Waals surface area contributed by atoms with E-state index in [1.807, 2.05) is 0 Å². The van der Waals surface area contributed by atoms with Crippen LogP contribution in [0.2, 0.25) is 0 Å². The maximum absolute atomic E-state index is 10.9. The van der Waals surface area contributed by atoms with Crippen molar-refractivity contribution in [2.45, 2.75) is 5.37 Å². The van der Waals surface area contributed by atoms with Crippen molar-refractivity contribution in [3.63, 3.8) is 0 Å². The van der Waals surface area contributed by atoms with E-state index in [-0.39, 0.29) is 5.37 Å². The molecule has 2 heterocycles. The second-order valence-electron chi connectivity index (χ2n) is 2.32. The minimum absolute atomic E-state index is 0.179. The van der Waals surface area contributed by atoms with E-state index in [2.05, 4.69) is 5.32 Å². The van der Waals surface area contributed by atoms with Crippen LogP contribution in [0.25, 0.3) is 0 Å². The van der Waals surface area contributed by atoms with Crippen molar-refractivity contribution in [2.24, 2.45) is 0 Å². The first-order chi connectivity index (χ1) is 4.70. The SMILES string of the molecule is O=S1(=O)SC2CNCCN21. The maximum Gasteiger partial charge on any atom is 0.270 e. The van der Waals surface area contributed by atoms with Crippen LogP contribution < -0.4 is 5.32 Å². The van der Waals surface area contributed by atoms with Gasteiger partial charge in [0.2, 0.25) is 0 Å². The van der Waals surface area contributed by atoms with Crippen molar-refractivity contribution in [2.75, 3.05) is 19.6 Å². The lowest BCUT2D eigenvalue weighted by Crippen LogP contribution is -2.58. The van der Waals surface area contributed by atoms with Crippen LogP contribution in [0.4, 0.5) is 0 Å². The lowest BCUT2D eigenvalue weighted by molar-refractivity contribution is 0.330. The minimum atomic E-state index is -2.87. The van der Waals surface area contributed by atoms with Crippen molar-refractivity contribution in [1.82, 2.24) is 9.62 Å². The van der Waals surface area contributed by atoms with Crippen LogP contribution in [0.15, 0.2) is 0 Å². The number of fused-ring (bicyclic) bond motifs is 1. The van der Waals surface area contributed by atoms with Crippen molar-refractivity contribution in [1.29, 1.82) is 0 Å². The highest BCUT2D eigenvalue weighted by Crippen LogP contribution is 2.39. The largest absolute Gasteiger partial charge is 0.313 e. The summed E-state index contributed by atoms with van der Waals surface area (Å²) < 4.78 is 23.4. The number of hydrogen-bond donors (Lipinski definition) is 1. The predicted octanol–water partition coefficient (Wildman–Crippen LogP) is -0.791. The third kappa shape index (κ3) is 0.868. The fraction of sp³-hybridized carbons (Fsp3) is 1.00. The van der Waals surface area contributed by atoms with E-state index in [0.29, 0.717) is 6.54 Å². The molecule has 58 valence electrons. The maximum atomic E-state index is 10.9. The van der Waals surface area contributed by atoms with Gasteiger partial charge < -0.3 is 5.32 Å². The molecule has 2 aliphatic heterocycles. The molecule has 0 radical (unpaired) electrons. The fourth-order valence-corrected chi connectivity index (χ4v) is 4.71. The van der Waals surface area contributed by atoms with E-state index in [1.165, 1.54) is 0 Å². The van der Waals surface area contributed by atoms with E-state index in [0.717, 1.165) is 23.9 Å². The third-order valence-electron chi connectivity index (χ3n) is 1.67. The van der Waals surface area contributed by atoms with Gasteiger partial charge in [-0.25, -0.2) is 8.42 Å². The van der Waals surface area contributed by atoms with Gasteiger partial charge in [-0.1, -0.05) is 0 Å². The number of piperazine rings is 1. The smallest absolute Gasteiger partial charge is 0.270 e. The summed E-state index contributed by atoms with van der Waals surface area (Å²) in [7, 11) is -1.82. The Kier molecular flexibility index (Phi) is 1.45.